The molecule has 5 nitrogen and oxygen atoms in total. The average Bonchev–Trinajstić information content (AvgIpc) is 2.77. The molecule has 0 unspecified atom stereocenters. The molecule has 0 aliphatic heterocycles. The molecule has 166 valence electrons. The molecule has 3 rings (SSSR count). The van der Waals surface area contributed by atoms with Gasteiger partial charge in [0.05, 0.1) is 24.0 Å². The maximum Gasteiger partial charge on any atom is 0.416 e. The standard InChI is InChI=1S/C23H19F3N2O3S/c1-31-18-9-5-8-17(13-18)27-21(29)14-32-20-11-3-2-10-19(20)22(30)28-16-7-4-6-15(12-16)23(24,25)26/h2-13H,14H2,1H3,(H,27,29)(H,28,30). The Morgan fingerprint density at radius 1 is 0.906 bits per heavy atom. The first kappa shape index (κ1) is 23.2. The third-order valence-electron chi connectivity index (χ3n) is 4.29. The van der Waals surface area contributed by atoms with Crippen LogP contribution in [0.25, 0.3) is 0 Å². The molecule has 0 atom stereocenters. The topological polar surface area (TPSA) is 67.4 Å². The van der Waals surface area contributed by atoms with Gasteiger partial charge in [-0.2, -0.15) is 13.2 Å². The minimum Gasteiger partial charge on any atom is -0.497 e. The molecule has 2 N–H and O–H groups in total. The molecular weight excluding hydrogens is 441 g/mol. The number of amides is 2. The predicted octanol–water partition coefficient (Wildman–Crippen LogP) is 5.70. The summed E-state index contributed by atoms with van der Waals surface area (Å²) in [6.07, 6.45) is -4.51. The number of anilines is 2. The van der Waals surface area contributed by atoms with Crippen molar-refractivity contribution < 1.29 is 27.5 Å². The molecule has 32 heavy (non-hydrogen) atoms. The molecule has 9 heteroatoms. The van der Waals surface area contributed by atoms with Gasteiger partial charge < -0.3 is 15.4 Å². The van der Waals surface area contributed by atoms with Gasteiger partial charge in [-0.05, 0) is 42.5 Å². The lowest BCUT2D eigenvalue weighted by Gasteiger charge is -2.12. The Labute approximate surface area is 187 Å². The number of carbonyl (C=O) groups is 2. The molecule has 0 spiro atoms. The Kier molecular flexibility index (Phi) is 7.42. The van der Waals surface area contributed by atoms with Gasteiger partial charge in [-0.3, -0.25) is 9.59 Å². The van der Waals surface area contributed by atoms with E-state index in [1.807, 2.05) is 0 Å². The minimum atomic E-state index is -4.51. The number of ether oxygens (including phenoxy) is 1. The molecule has 0 saturated carbocycles. The molecule has 0 fully saturated rings. The summed E-state index contributed by atoms with van der Waals surface area (Å²) in [5.74, 6) is -0.213. The van der Waals surface area contributed by atoms with E-state index in [9.17, 15) is 22.8 Å². The van der Waals surface area contributed by atoms with Crippen molar-refractivity contribution in [1.29, 1.82) is 0 Å². The number of thioether (sulfide) groups is 1. The van der Waals surface area contributed by atoms with Crippen LogP contribution >= 0.6 is 11.8 Å². The van der Waals surface area contributed by atoms with Crippen LogP contribution < -0.4 is 15.4 Å². The first-order chi connectivity index (χ1) is 15.3. The summed E-state index contributed by atoms with van der Waals surface area (Å²) in [4.78, 5) is 25.5. The van der Waals surface area contributed by atoms with Crippen LogP contribution in [-0.4, -0.2) is 24.7 Å². The fraction of sp³-hybridized carbons (Fsp3) is 0.130. The van der Waals surface area contributed by atoms with Gasteiger partial charge >= 0.3 is 6.18 Å². The monoisotopic (exact) mass is 460 g/mol. The highest BCUT2D eigenvalue weighted by Crippen LogP contribution is 2.31. The second-order valence-corrected chi connectivity index (χ2v) is 7.61. The van der Waals surface area contributed by atoms with Crippen molar-refractivity contribution in [1.82, 2.24) is 0 Å². The number of nitrogens with one attached hydrogen (secondary N) is 2. The number of rotatable bonds is 7. The van der Waals surface area contributed by atoms with E-state index in [0.717, 1.165) is 23.9 Å². The Morgan fingerprint density at radius 2 is 1.59 bits per heavy atom. The highest BCUT2D eigenvalue weighted by atomic mass is 32.2. The molecule has 0 bridgehead atoms. The van der Waals surface area contributed by atoms with Crippen LogP contribution in [0.4, 0.5) is 24.5 Å². The van der Waals surface area contributed by atoms with Crippen LogP contribution in [0.2, 0.25) is 0 Å². The van der Waals surface area contributed by atoms with Crippen molar-refractivity contribution in [3.8, 4) is 5.75 Å². The van der Waals surface area contributed by atoms with Crippen LogP contribution in [0.3, 0.4) is 0 Å². The number of alkyl halides is 3. The first-order valence-electron chi connectivity index (χ1n) is 9.40. The first-order valence-corrected chi connectivity index (χ1v) is 10.4. The lowest BCUT2D eigenvalue weighted by atomic mass is 10.1. The van der Waals surface area contributed by atoms with Crippen LogP contribution in [-0.2, 0) is 11.0 Å². The number of hydrogen-bond donors (Lipinski definition) is 2. The highest BCUT2D eigenvalue weighted by molar-refractivity contribution is 8.00. The fourth-order valence-corrected chi connectivity index (χ4v) is 3.64. The van der Waals surface area contributed by atoms with Crippen molar-refractivity contribution in [3.63, 3.8) is 0 Å². The van der Waals surface area contributed by atoms with Gasteiger partial charge in [0.1, 0.15) is 5.75 Å². The smallest absolute Gasteiger partial charge is 0.416 e. The van der Waals surface area contributed by atoms with Crippen molar-refractivity contribution in [2.45, 2.75) is 11.1 Å². The molecule has 0 saturated heterocycles. The summed E-state index contributed by atoms with van der Waals surface area (Å²) >= 11 is 1.15. The van der Waals surface area contributed by atoms with Gasteiger partial charge in [-0.15, -0.1) is 11.8 Å². The molecule has 0 aromatic heterocycles. The van der Waals surface area contributed by atoms with Crippen molar-refractivity contribution in [2.24, 2.45) is 0 Å². The van der Waals surface area contributed by atoms with Crippen molar-refractivity contribution in [3.05, 3.63) is 83.9 Å². The molecule has 2 amide bonds. The third-order valence-corrected chi connectivity index (χ3v) is 5.37. The molecule has 3 aromatic carbocycles. The van der Waals surface area contributed by atoms with E-state index >= 15 is 0 Å². The summed E-state index contributed by atoms with van der Waals surface area (Å²) in [5.41, 5.74) is 0.00202. The number of benzene rings is 3. The number of halogens is 3. The fourth-order valence-electron chi connectivity index (χ4n) is 2.79. The Bertz CT molecular complexity index is 1120. The SMILES string of the molecule is COc1cccc(NC(=O)CSc2ccccc2C(=O)Nc2cccc(C(F)(F)F)c2)c1. The van der Waals surface area contributed by atoms with Gasteiger partial charge in [0.2, 0.25) is 5.91 Å². The van der Waals surface area contributed by atoms with Crippen molar-refractivity contribution >= 4 is 35.0 Å². The van der Waals surface area contributed by atoms with E-state index in [1.54, 1.807) is 48.5 Å². The zero-order chi connectivity index (χ0) is 23.1. The second-order valence-electron chi connectivity index (χ2n) is 6.60. The predicted molar refractivity (Wildman–Crippen MR) is 118 cm³/mol. The third kappa shape index (κ3) is 6.27. The number of carbonyl (C=O) groups excluding carboxylic acids is 2. The Hall–Kier alpha value is -3.46. The van der Waals surface area contributed by atoms with E-state index in [-0.39, 0.29) is 22.9 Å². The van der Waals surface area contributed by atoms with E-state index in [0.29, 0.717) is 16.3 Å². The van der Waals surface area contributed by atoms with Gasteiger partial charge in [0.15, 0.2) is 0 Å². The summed E-state index contributed by atoms with van der Waals surface area (Å²) in [7, 11) is 1.53. The van der Waals surface area contributed by atoms with Crippen LogP contribution in [0, 0.1) is 0 Å². The number of methoxy groups -OCH3 is 1. The maximum absolute atomic E-state index is 12.9. The van der Waals surface area contributed by atoms with Crippen LogP contribution in [0.5, 0.6) is 5.75 Å². The van der Waals surface area contributed by atoms with Gasteiger partial charge in [-0.25, -0.2) is 0 Å². The zero-order valence-corrected chi connectivity index (χ0v) is 17.7. The van der Waals surface area contributed by atoms with Crippen LogP contribution in [0.1, 0.15) is 15.9 Å². The van der Waals surface area contributed by atoms with Gasteiger partial charge in [0.25, 0.3) is 5.91 Å². The van der Waals surface area contributed by atoms with E-state index in [1.165, 1.54) is 19.2 Å². The minimum absolute atomic E-state index is 0.0281. The normalized spacial score (nSPS) is 11.0. The Morgan fingerprint density at radius 3 is 2.31 bits per heavy atom. The molecule has 3 aromatic rings. The zero-order valence-electron chi connectivity index (χ0n) is 16.9. The molecule has 0 radical (unpaired) electrons. The Balaban J connectivity index is 1.66. The highest BCUT2D eigenvalue weighted by Gasteiger charge is 2.30. The lowest BCUT2D eigenvalue weighted by molar-refractivity contribution is -0.137. The summed E-state index contributed by atoms with van der Waals surface area (Å²) in [5, 5.41) is 5.23. The summed E-state index contributed by atoms with van der Waals surface area (Å²) in [6.45, 7) is 0. The number of hydrogen-bond acceptors (Lipinski definition) is 4. The summed E-state index contributed by atoms with van der Waals surface area (Å²) < 4.78 is 43.8. The quantitative estimate of drug-likeness (QED) is 0.444. The van der Waals surface area contributed by atoms with E-state index in [4.69, 9.17) is 4.74 Å². The molecule has 0 aliphatic carbocycles. The van der Waals surface area contributed by atoms with E-state index in [2.05, 4.69) is 10.6 Å². The summed E-state index contributed by atoms with van der Waals surface area (Å²) in [6, 6.07) is 17.9. The molecule has 0 heterocycles. The maximum atomic E-state index is 12.9. The average molecular weight is 460 g/mol. The second kappa shape index (κ2) is 10.2. The largest absolute Gasteiger partial charge is 0.497 e. The van der Waals surface area contributed by atoms with E-state index < -0.39 is 17.6 Å². The van der Waals surface area contributed by atoms with Crippen molar-refractivity contribution in [2.75, 3.05) is 23.5 Å². The molecular formula is C23H19F3N2O3S. The lowest BCUT2D eigenvalue weighted by Crippen LogP contribution is -2.16. The van der Waals surface area contributed by atoms with Crippen LogP contribution in [0.15, 0.2) is 77.7 Å². The molecule has 0 aliphatic rings. The van der Waals surface area contributed by atoms with Gasteiger partial charge in [0, 0.05) is 22.3 Å². The van der Waals surface area contributed by atoms with Gasteiger partial charge in [-0.1, -0.05) is 24.3 Å².